The van der Waals surface area contributed by atoms with Gasteiger partial charge in [0.1, 0.15) is 5.75 Å². The molecule has 0 atom stereocenters. The van der Waals surface area contributed by atoms with Crippen molar-refractivity contribution >= 4 is 21.6 Å². The first-order chi connectivity index (χ1) is 13.5. The summed E-state index contributed by atoms with van der Waals surface area (Å²) in [6.45, 7) is 0.114. The van der Waals surface area contributed by atoms with Gasteiger partial charge in [0, 0.05) is 24.6 Å². The third-order valence-corrected chi connectivity index (χ3v) is 5.37. The average Bonchev–Trinajstić information content (AvgIpc) is 2.73. The molecule has 0 spiro atoms. The summed E-state index contributed by atoms with van der Waals surface area (Å²) in [6.07, 6.45) is 3.17. The van der Waals surface area contributed by atoms with E-state index in [-0.39, 0.29) is 22.8 Å². The SMILES string of the molecule is COc1ccc(S(=O)(=O)NCc2ccncc2)cc1C(=O)Nc1ccccc1. The van der Waals surface area contributed by atoms with E-state index in [0.29, 0.717) is 5.69 Å². The second kappa shape index (κ2) is 8.64. The molecule has 0 bridgehead atoms. The molecule has 0 aliphatic rings. The first-order valence-electron chi connectivity index (χ1n) is 8.42. The van der Waals surface area contributed by atoms with Crippen LogP contribution >= 0.6 is 0 Å². The molecule has 1 heterocycles. The number of amides is 1. The summed E-state index contributed by atoms with van der Waals surface area (Å²) in [5, 5.41) is 2.73. The lowest BCUT2D eigenvalue weighted by Crippen LogP contribution is -2.24. The predicted molar refractivity (Wildman–Crippen MR) is 106 cm³/mol. The van der Waals surface area contributed by atoms with Gasteiger partial charge < -0.3 is 10.1 Å². The van der Waals surface area contributed by atoms with E-state index >= 15 is 0 Å². The smallest absolute Gasteiger partial charge is 0.259 e. The fourth-order valence-electron chi connectivity index (χ4n) is 2.51. The highest BCUT2D eigenvalue weighted by Crippen LogP contribution is 2.24. The normalized spacial score (nSPS) is 11.0. The van der Waals surface area contributed by atoms with Crippen LogP contribution in [0.3, 0.4) is 0 Å². The monoisotopic (exact) mass is 397 g/mol. The minimum Gasteiger partial charge on any atom is -0.496 e. The van der Waals surface area contributed by atoms with Gasteiger partial charge in [-0.15, -0.1) is 0 Å². The Hall–Kier alpha value is -3.23. The first kappa shape index (κ1) is 19.5. The van der Waals surface area contributed by atoms with Crippen LogP contribution in [0.4, 0.5) is 5.69 Å². The molecule has 3 aromatic rings. The largest absolute Gasteiger partial charge is 0.496 e. The highest BCUT2D eigenvalue weighted by Gasteiger charge is 2.20. The van der Waals surface area contributed by atoms with Crippen LogP contribution < -0.4 is 14.8 Å². The number of nitrogens with zero attached hydrogens (tertiary/aromatic N) is 1. The zero-order valence-corrected chi connectivity index (χ0v) is 15.9. The van der Waals surface area contributed by atoms with Crippen molar-refractivity contribution in [1.82, 2.24) is 9.71 Å². The van der Waals surface area contributed by atoms with Gasteiger partial charge in [0.15, 0.2) is 0 Å². The number of nitrogens with one attached hydrogen (secondary N) is 2. The van der Waals surface area contributed by atoms with E-state index in [1.165, 1.54) is 25.3 Å². The number of carbonyl (C=O) groups is 1. The zero-order valence-electron chi connectivity index (χ0n) is 15.1. The molecule has 2 aromatic carbocycles. The molecular formula is C20H19N3O4S. The van der Waals surface area contributed by atoms with Gasteiger partial charge >= 0.3 is 0 Å². The van der Waals surface area contributed by atoms with Gasteiger partial charge in [-0.2, -0.15) is 0 Å². The second-order valence-corrected chi connectivity index (χ2v) is 7.63. The van der Waals surface area contributed by atoms with Crippen LogP contribution in [0.25, 0.3) is 0 Å². The lowest BCUT2D eigenvalue weighted by Gasteiger charge is -2.12. The highest BCUT2D eigenvalue weighted by atomic mass is 32.2. The summed E-state index contributed by atoms with van der Waals surface area (Å²) >= 11 is 0. The number of hydrogen-bond donors (Lipinski definition) is 2. The van der Waals surface area contributed by atoms with E-state index in [2.05, 4.69) is 15.0 Å². The summed E-state index contributed by atoms with van der Waals surface area (Å²) in [4.78, 5) is 16.5. The first-order valence-corrected chi connectivity index (χ1v) is 9.91. The summed E-state index contributed by atoms with van der Waals surface area (Å²) in [7, 11) is -2.40. The van der Waals surface area contributed by atoms with E-state index in [9.17, 15) is 13.2 Å². The van der Waals surface area contributed by atoms with Gasteiger partial charge in [-0.3, -0.25) is 9.78 Å². The average molecular weight is 397 g/mol. The van der Waals surface area contributed by atoms with Gasteiger partial charge in [-0.25, -0.2) is 13.1 Å². The van der Waals surface area contributed by atoms with Crippen LogP contribution in [0.15, 0.2) is 78.0 Å². The molecule has 1 amide bonds. The van der Waals surface area contributed by atoms with Gasteiger partial charge in [0.05, 0.1) is 17.6 Å². The number of pyridine rings is 1. The third-order valence-electron chi connectivity index (χ3n) is 3.97. The van der Waals surface area contributed by atoms with Gasteiger partial charge in [0.2, 0.25) is 10.0 Å². The predicted octanol–water partition coefficient (Wildman–Crippen LogP) is 2.82. The second-order valence-electron chi connectivity index (χ2n) is 5.86. The topological polar surface area (TPSA) is 97.4 Å². The number of hydrogen-bond acceptors (Lipinski definition) is 5. The number of carbonyl (C=O) groups excluding carboxylic acids is 1. The summed E-state index contributed by atoms with van der Waals surface area (Å²) < 4.78 is 33.0. The highest BCUT2D eigenvalue weighted by molar-refractivity contribution is 7.89. The molecule has 0 unspecified atom stereocenters. The maximum atomic E-state index is 12.6. The Morgan fingerprint density at radius 2 is 1.75 bits per heavy atom. The Bertz CT molecular complexity index is 1060. The van der Waals surface area contributed by atoms with E-state index in [1.54, 1.807) is 48.8 Å². The molecule has 2 N–H and O–H groups in total. The lowest BCUT2D eigenvalue weighted by molar-refractivity contribution is 0.102. The quantitative estimate of drug-likeness (QED) is 0.639. The van der Waals surface area contributed by atoms with Crippen LogP contribution in [0, 0.1) is 0 Å². The number of ether oxygens (including phenoxy) is 1. The van der Waals surface area contributed by atoms with Crippen molar-refractivity contribution in [3.05, 3.63) is 84.2 Å². The van der Waals surface area contributed by atoms with Crippen molar-refractivity contribution in [2.75, 3.05) is 12.4 Å². The lowest BCUT2D eigenvalue weighted by atomic mass is 10.2. The summed E-state index contributed by atoms with van der Waals surface area (Å²) in [5.74, 6) is -0.184. The third kappa shape index (κ3) is 4.73. The van der Waals surface area contributed by atoms with Crippen molar-refractivity contribution in [2.45, 2.75) is 11.4 Å². The molecule has 144 valence electrons. The van der Waals surface area contributed by atoms with Gasteiger partial charge in [-0.1, -0.05) is 18.2 Å². The zero-order chi connectivity index (χ0) is 20.0. The van der Waals surface area contributed by atoms with Crippen molar-refractivity contribution < 1.29 is 17.9 Å². The van der Waals surface area contributed by atoms with Crippen LogP contribution in [-0.4, -0.2) is 26.4 Å². The maximum Gasteiger partial charge on any atom is 0.259 e. The standard InChI is InChI=1S/C20H19N3O4S/c1-27-19-8-7-17(28(25,26)22-14-15-9-11-21-12-10-15)13-18(19)20(24)23-16-5-3-2-4-6-16/h2-13,22H,14H2,1H3,(H,23,24). The molecule has 0 aliphatic carbocycles. The van der Waals surface area contributed by atoms with Crippen molar-refractivity contribution in [3.63, 3.8) is 0 Å². The minimum atomic E-state index is -3.82. The maximum absolute atomic E-state index is 12.6. The number of anilines is 1. The molecule has 1 aromatic heterocycles. The number of methoxy groups -OCH3 is 1. The van der Waals surface area contributed by atoms with Crippen LogP contribution in [0.5, 0.6) is 5.75 Å². The number of para-hydroxylation sites is 1. The van der Waals surface area contributed by atoms with Crippen LogP contribution in [0.2, 0.25) is 0 Å². The molecule has 3 rings (SSSR count). The van der Waals surface area contributed by atoms with Crippen LogP contribution in [0.1, 0.15) is 15.9 Å². The molecular weight excluding hydrogens is 378 g/mol. The van der Waals surface area contributed by atoms with Crippen molar-refractivity contribution in [1.29, 1.82) is 0 Å². The summed E-state index contributed by atoms with van der Waals surface area (Å²) in [6, 6.07) is 16.5. The van der Waals surface area contributed by atoms with Gasteiger partial charge in [-0.05, 0) is 48.0 Å². The van der Waals surface area contributed by atoms with Crippen molar-refractivity contribution in [2.24, 2.45) is 0 Å². The Kier molecular flexibility index (Phi) is 6.03. The molecule has 0 fully saturated rings. The molecule has 8 heteroatoms. The molecule has 0 aliphatic heterocycles. The number of benzene rings is 2. The fraction of sp³-hybridized carbons (Fsp3) is 0.100. The van der Waals surface area contributed by atoms with Gasteiger partial charge in [0.25, 0.3) is 5.91 Å². The summed E-state index contributed by atoms with van der Waals surface area (Å²) in [5.41, 5.74) is 1.49. The Balaban J connectivity index is 1.84. The fourth-order valence-corrected chi connectivity index (χ4v) is 3.56. The van der Waals surface area contributed by atoms with E-state index in [4.69, 9.17) is 4.74 Å². The Morgan fingerprint density at radius 3 is 2.43 bits per heavy atom. The molecule has 0 radical (unpaired) electrons. The van der Waals surface area contributed by atoms with Crippen LogP contribution in [-0.2, 0) is 16.6 Å². The molecule has 0 saturated carbocycles. The molecule has 7 nitrogen and oxygen atoms in total. The Labute approximate surface area is 163 Å². The van der Waals surface area contributed by atoms with E-state index in [1.807, 2.05) is 6.07 Å². The van der Waals surface area contributed by atoms with Crippen molar-refractivity contribution in [3.8, 4) is 5.75 Å². The Morgan fingerprint density at radius 1 is 1.04 bits per heavy atom. The number of sulfonamides is 1. The minimum absolute atomic E-state index is 0.0273. The molecule has 28 heavy (non-hydrogen) atoms. The molecule has 0 saturated heterocycles. The van der Waals surface area contributed by atoms with E-state index in [0.717, 1.165) is 5.56 Å². The number of rotatable bonds is 7. The number of aromatic nitrogens is 1. The van der Waals surface area contributed by atoms with E-state index < -0.39 is 15.9 Å².